The highest BCUT2D eigenvalue weighted by Crippen LogP contribution is 2.44. The van der Waals surface area contributed by atoms with Crippen LogP contribution < -0.4 is 10.6 Å². The first-order valence-electron chi connectivity index (χ1n) is 7.83. The van der Waals surface area contributed by atoms with E-state index in [1.807, 2.05) is 38.2 Å². The predicted octanol–water partition coefficient (Wildman–Crippen LogP) is 2.22. The van der Waals surface area contributed by atoms with Crippen LogP contribution in [0.1, 0.15) is 36.0 Å². The summed E-state index contributed by atoms with van der Waals surface area (Å²) in [5, 5.41) is 14.2. The van der Waals surface area contributed by atoms with Crippen molar-refractivity contribution in [2.75, 3.05) is 11.9 Å². The molecule has 7 heteroatoms. The molecule has 0 radical (unpaired) electrons. The van der Waals surface area contributed by atoms with Gasteiger partial charge in [0, 0.05) is 5.69 Å². The summed E-state index contributed by atoms with van der Waals surface area (Å²) in [4.78, 5) is 23.6. The van der Waals surface area contributed by atoms with Gasteiger partial charge in [-0.2, -0.15) is 8.78 Å². The van der Waals surface area contributed by atoms with E-state index in [2.05, 4.69) is 5.32 Å². The lowest BCUT2D eigenvalue weighted by Gasteiger charge is -2.41. The summed E-state index contributed by atoms with van der Waals surface area (Å²) in [5.41, 5.74) is 1.05. The van der Waals surface area contributed by atoms with Crippen LogP contribution in [0.3, 0.4) is 0 Å². The van der Waals surface area contributed by atoms with E-state index in [0.29, 0.717) is 12.1 Å². The van der Waals surface area contributed by atoms with E-state index in [-0.39, 0.29) is 12.8 Å². The highest BCUT2D eigenvalue weighted by molar-refractivity contribution is 5.97. The van der Waals surface area contributed by atoms with Gasteiger partial charge in [-0.05, 0) is 51.2 Å². The molecule has 0 atom stereocenters. The highest BCUT2D eigenvalue weighted by atomic mass is 19.3. The van der Waals surface area contributed by atoms with Crippen LogP contribution >= 0.6 is 0 Å². The van der Waals surface area contributed by atoms with Crippen LogP contribution in [0, 0.1) is 20.8 Å². The lowest BCUT2D eigenvalue weighted by atomic mass is 9.75. The summed E-state index contributed by atoms with van der Waals surface area (Å²) in [6.07, 6.45) is 0.203. The summed E-state index contributed by atoms with van der Waals surface area (Å²) in [7, 11) is 0. The van der Waals surface area contributed by atoms with E-state index < -0.39 is 29.9 Å². The second-order valence-electron chi connectivity index (χ2n) is 6.46. The molecule has 2 amide bonds. The Hall–Kier alpha value is -2.02. The summed E-state index contributed by atoms with van der Waals surface area (Å²) < 4.78 is 27.8. The van der Waals surface area contributed by atoms with Crippen molar-refractivity contribution in [3.8, 4) is 0 Å². The lowest BCUT2D eigenvalue weighted by Crippen LogP contribution is -2.61. The number of amides is 2. The fraction of sp³-hybridized carbons (Fsp3) is 0.529. The number of carbonyl (C=O) groups excluding carboxylic acids is 2. The second-order valence-corrected chi connectivity index (χ2v) is 6.46. The molecule has 0 bridgehead atoms. The highest BCUT2D eigenvalue weighted by Gasteiger charge is 2.61. The molecule has 1 aromatic carbocycles. The van der Waals surface area contributed by atoms with Crippen molar-refractivity contribution in [3.63, 3.8) is 0 Å². The van der Waals surface area contributed by atoms with Gasteiger partial charge in [0.05, 0.1) is 6.54 Å². The molecule has 1 saturated carbocycles. The third-order valence-corrected chi connectivity index (χ3v) is 4.40. The molecular formula is C17H22F2N2O3. The lowest BCUT2D eigenvalue weighted by molar-refractivity contribution is -0.215. The first kappa shape index (κ1) is 18.3. The number of hydrogen-bond acceptors (Lipinski definition) is 3. The van der Waals surface area contributed by atoms with Crippen molar-refractivity contribution in [1.29, 1.82) is 0 Å². The van der Waals surface area contributed by atoms with Crippen molar-refractivity contribution in [3.05, 3.63) is 28.8 Å². The molecule has 1 aromatic rings. The minimum atomic E-state index is -3.90. The molecule has 0 saturated heterocycles. The van der Waals surface area contributed by atoms with Crippen LogP contribution in [-0.4, -0.2) is 35.0 Å². The molecular weight excluding hydrogens is 318 g/mol. The Morgan fingerprint density at radius 3 is 2.21 bits per heavy atom. The van der Waals surface area contributed by atoms with Crippen molar-refractivity contribution in [2.45, 2.75) is 51.6 Å². The maximum atomic E-state index is 13.9. The van der Waals surface area contributed by atoms with Crippen LogP contribution in [0.2, 0.25) is 0 Å². The van der Waals surface area contributed by atoms with Gasteiger partial charge in [-0.15, -0.1) is 0 Å². The van der Waals surface area contributed by atoms with Crippen molar-refractivity contribution in [1.82, 2.24) is 5.32 Å². The van der Waals surface area contributed by atoms with Gasteiger partial charge in [0.1, 0.15) is 5.60 Å². The van der Waals surface area contributed by atoms with E-state index in [4.69, 9.17) is 0 Å². The minimum absolute atomic E-state index is 0.124. The average Bonchev–Trinajstić information content (AvgIpc) is 2.45. The molecule has 24 heavy (non-hydrogen) atoms. The first-order valence-corrected chi connectivity index (χ1v) is 7.83. The van der Waals surface area contributed by atoms with Gasteiger partial charge >= 0.3 is 5.92 Å². The fourth-order valence-corrected chi connectivity index (χ4v) is 2.87. The van der Waals surface area contributed by atoms with Gasteiger partial charge in [0.2, 0.25) is 5.91 Å². The summed E-state index contributed by atoms with van der Waals surface area (Å²) in [6, 6.07) is 3.78. The molecule has 0 spiro atoms. The van der Waals surface area contributed by atoms with Crippen molar-refractivity contribution < 1.29 is 23.5 Å². The molecule has 3 N–H and O–H groups in total. The molecule has 5 nitrogen and oxygen atoms in total. The number of hydrogen-bond donors (Lipinski definition) is 3. The topological polar surface area (TPSA) is 78.4 Å². The van der Waals surface area contributed by atoms with Crippen LogP contribution in [0.15, 0.2) is 12.1 Å². The first-order chi connectivity index (χ1) is 11.1. The number of aliphatic hydroxyl groups is 1. The average molecular weight is 340 g/mol. The molecule has 2 rings (SSSR count). The maximum absolute atomic E-state index is 13.9. The molecule has 0 heterocycles. The van der Waals surface area contributed by atoms with Gasteiger partial charge in [-0.3, -0.25) is 9.59 Å². The fourth-order valence-electron chi connectivity index (χ4n) is 2.87. The van der Waals surface area contributed by atoms with E-state index in [1.54, 1.807) is 0 Å². The van der Waals surface area contributed by atoms with Crippen LogP contribution in [0.4, 0.5) is 14.5 Å². The van der Waals surface area contributed by atoms with E-state index in [9.17, 15) is 23.5 Å². The quantitative estimate of drug-likeness (QED) is 0.769. The second kappa shape index (κ2) is 6.47. The molecule has 0 aliphatic heterocycles. The minimum Gasteiger partial charge on any atom is -0.383 e. The monoisotopic (exact) mass is 340 g/mol. The Labute approximate surface area is 139 Å². The molecule has 0 aromatic heterocycles. The summed E-state index contributed by atoms with van der Waals surface area (Å²) in [6.45, 7) is 5.00. The SMILES string of the molecule is Cc1cc(C)c(NC(=O)CNC(=O)C(F)(F)C2(O)CCC2)c(C)c1. The number of alkyl halides is 2. The predicted molar refractivity (Wildman–Crippen MR) is 86.0 cm³/mol. The largest absolute Gasteiger partial charge is 0.383 e. The van der Waals surface area contributed by atoms with E-state index in [0.717, 1.165) is 16.7 Å². The van der Waals surface area contributed by atoms with E-state index >= 15 is 0 Å². The molecule has 0 unspecified atom stereocenters. The van der Waals surface area contributed by atoms with Crippen molar-refractivity contribution >= 4 is 17.5 Å². The van der Waals surface area contributed by atoms with Gasteiger partial charge in [-0.1, -0.05) is 17.7 Å². The van der Waals surface area contributed by atoms with Gasteiger partial charge in [0.15, 0.2) is 0 Å². The van der Waals surface area contributed by atoms with Crippen LogP contribution in [0.25, 0.3) is 0 Å². The number of anilines is 1. The third kappa shape index (κ3) is 3.40. The van der Waals surface area contributed by atoms with E-state index in [1.165, 1.54) is 0 Å². The molecule has 1 aliphatic carbocycles. The zero-order valence-electron chi connectivity index (χ0n) is 14.0. The number of rotatable bonds is 5. The zero-order valence-corrected chi connectivity index (χ0v) is 14.0. The molecule has 132 valence electrons. The number of halogens is 2. The summed E-state index contributed by atoms with van der Waals surface area (Å²) >= 11 is 0. The number of benzene rings is 1. The van der Waals surface area contributed by atoms with Gasteiger partial charge in [-0.25, -0.2) is 0 Å². The van der Waals surface area contributed by atoms with Crippen LogP contribution in [-0.2, 0) is 9.59 Å². The zero-order chi connectivity index (χ0) is 18.1. The maximum Gasteiger partial charge on any atom is 0.352 e. The molecule has 1 aliphatic rings. The Balaban J connectivity index is 1.95. The Morgan fingerprint density at radius 1 is 1.21 bits per heavy atom. The van der Waals surface area contributed by atoms with Gasteiger partial charge < -0.3 is 15.7 Å². The van der Waals surface area contributed by atoms with Crippen LogP contribution in [0.5, 0.6) is 0 Å². The Bertz CT molecular complexity index is 647. The number of aryl methyl sites for hydroxylation is 3. The standard InChI is InChI=1S/C17H22F2N2O3/c1-10-7-11(2)14(12(3)8-10)21-13(22)9-20-15(23)17(18,19)16(24)5-4-6-16/h7-8,24H,4-6,9H2,1-3H3,(H,20,23)(H,21,22). The number of nitrogens with one attached hydrogen (secondary N) is 2. The molecule has 1 fully saturated rings. The van der Waals surface area contributed by atoms with Gasteiger partial charge in [0.25, 0.3) is 5.91 Å². The smallest absolute Gasteiger partial charge is 0.352 e. The Morgan fingerprint density at radius 2 is 1.75 bits per heavy atom. The number of carbonyl (C=O) groups is 2. The normalized spacial score (nSPS) is 16.2. The summed E-state index contributed by atoms with van der Waals surface area (Å²) in [5.74, 6) is -6.13. The Kier molecular flexibility index (Phi) is 4.94. The third-order valence-electron chi connectivity index (χ3n) is 4.40. The van der Waals surface area contributed by atoms with Crippen molar-refractivity contribution in [2.24, 2.45) is 0 Å².